The molecule has 1 aliphatic rings. The highest BCUT2D eigenvalue weighted by Gasteiger charge is 2.42. The SMILES string of the molecule is CCCCCCCCCCCCCCCCC1(CCCCCCCCCCCCCCCC)c2ccccc2-c2ccc(N(c3ccccc3)c3ccccc3)cc21. The quantitative estimate of drug-likeness (QED) is 0.0435. The van der Waals surface area contributed by atoms with Crippen LogP contribution in [0.2, 0.25) is 0 Å². The summed E-state index contributed by atoms with van der Waals surface area (Å²) in [6.45, 7) is 4.63. The molecule has 1 heteroatoms. The summed E-state index contributed by atoms with van der Waals surface area (Å²) in [5, 5.41) is 0. The number of benzene rings is 4. The molecule has 4 aromatic carbocycles. The third-order valence-corrected chi connectivity index (χ3v) is 13.5. The highest BCUT2D eigenvalue weighted by molar-refractivity contribution is 5.85. The third-order valence-electron chi connectivity index (χ3n) is 13.5. The van der Waals surface area contributed by atoms with Gasteiger partial charge in [0.05, 0.1) is 0 Å². The Balaban J connectivity index is 1.22. The van der Waals surface area contributed by atoms with Crippen LogP contribution < -0.4 is 4.90 Å². The van der Waals surface area contributed by atoms with E-state index in [1.54, 1.807) is 11.1 Å². The van der Waals surface area contributed by atoms with Crippen LogP contribution in [0.15, 0.2) is 103 Å². The Hall–Kier alpha value is -3.32. The molecule has 5 rings (SSSR count). The first-order valence-corrected chi connectivity index (χ1v) is 24.9. The molecule has 0 saturated heterocycles. The Bertz CT molecular complexity index is 1550. The lowest BCUT2D eigenvalue weighted by molar-refractivity contribution is 0.397. The van der Waals surface area contributed by atoms with Gasteiger partial charge in [-0.3, -0.25) is 0 Å². The number of nitrogens with zero attached hydrogens (tertiary/aromatic N) is 1. The highest BCUT2D eigenvalue weighted by atomic mass is 15.1. The van der Waals surface area contributed by atoms with Gasteiger partial charge in [-0.05, 0) is 71.5 Å². The number of para-hydroxylation sites is 2. The lowest BCUT2D eigenvalue weighted by Gasteiger charge is -2.34. The maximum absolute atomic E-state index is 2.60. The van der Waals surface area contributed by atoms with Gasteiger partial charge in [0.25, 0.3) is 0 Å². The summed E-state index contributed by atoms with van der Waals surface area (Å²) in [4.78, 5) is 2.47. The number of unbranched alkanes of at least 4 members (excludes halogenated alkanes) is 26. The van der Waals surface area contributed by atoms with Gasteiger partial charge in [-0.2, -0.15) is 0 Å². The summed E-state index contributed by atoms with van der Waals surface area (Å²) < 4.78 is 0. The van der Waals surface area contributed by atoms with Crippen LogP contribution in [-0.4, -0.2) is 0 Å². The van der Waals surface area contributed by atoms with Crippen molar-refractivity contribution in [2.75, 3.05) is 4.90 Å². The van der Waals surface area contributed by atoms with E-state index in [4.69, 9.17) is 0 Å². The van der Waals surface area contributed by atoms with Crippen LogP contribution in [0.1, 0.15) is 218 Å². The van der Waals surface area contributed by atoms with Crippen molar-refractivity contribution in [3.05, 3.63) is 114 Å². The average Bonchev–Trinajstić information content (AvgIpc) is 3.53. The predicted molar refractivity (Wildman–Crippen MR) is 257 cm³/mol. The van der Waals surface area contributed by atoms with Crippen molar-refractivity contribution in [3.63, 3.8) is 0 Å². The molecule has 0 unspecified atom stereocenters. The Morgan fingerprint density at radius 1 is 0.310 bits per heavy atom. The molecule has 58 heavy (non-hydrogen) atoms. The first-order chi connectivity index (χ1) is 28.8. The standard InChI is InChI=1S/C57H83N/c1-3-5-7-9-11-13-15-17-19-21-23-25-27-37-47-57(48-38-28-26-24-22-20-18-16-14-12-10-8-6-4-2)55-44-36-35-43-53(55)54-46-45-52(49-56(54)57)58(50-39-31-29-32-40-50)51-41-33-30-34-42-51/h29-36,39-46,49H,3-28,37-38,47-48H2,1-2H3. The minimum atomic E-state index is 0.0786. The van der Waals surface area contributed by atoms with Crippen LogP contribution in [-0.2, 0) is 5.41 Å². The maximum atomic E-state index is 2.60. The van der Waals surface area contributed by atoms with E-state index in [9.17, 15) is 0 Å². The normalized spacial score (nSPS) is 12.8. The molecule has 0 amide bonds. The fourth-order valence-corrected chi connectivity index (χ4v) is 10.1. The summed E-state index contributed by atoms with van der Waals surface area (Å²) >= 11 is 0. The van der Waals surface area contributed by atoms with Crippen molar-refractivity contribution < 1.29 is 0 Å². The van der Waals surface area contributed by atoms with Gasteiger partial charge in [0.2, 0.25) is 0 Å². The first-order valence-electron chi connectivity index (χ1n) is 24.9. The largest absolute Gasteiger partial charge is 0.310 e. The molecule has 0 N–H and O–H groups in total. The zero-order valence-electron chi connectivity index (χ0n) is 37.5. The van der Waals surface area contributed by atoms with Crippen molar-refractivity contribution >= 4 is 17.1 Å². The van der Waals surface area contributed by atoms with E-state index in [0.717, 1.165) is 0 Å². The van der Waals surface area contributed by atoms with Gasteiger partial charge in [-0.25, -0.2) is 0 Å². The third kappa shape index (κ3) is 14.4. The van der Waals surface area contributed by atoms with E-state index in [-0.39, 0.29) is 5.41 Å². The lowest BCUT2D eigenvalue weighted by atomic mass is 9.70. The van der Waals surface area contributed by atoms with E-state index < -0.39 is 0 Å². The predicted octanol–water partition coefficient (Wildman–Crippen LogP) is 19.2. The van der Waals surface area contributed by atoms with Gasteiger partial charge in [0.15, 0.2) is 0 Å². The van der Waals surface area contributed by atoms with Crippen LogP contribution >= 0.6 is 0 Å². The van der Waals surface area contributed by atoms with Gasteiger partial charge in [-0.15, -0.1) is 0 Å². The van der Waals surface area contributed by atoms with Gasteiger partial charge in [0, 0.05) is 22.5 Å². The second-order valence-electron chi connectivity index (χ2n) is 18.1. The zero-order chi connectivity index (χ0) is 40.4. The Morgan fingerprint density at radius 3 is 1.07 bits per heavy atom. The molecule has 0 radical (unpaired) electrons. The first kappa shape index (κ1) is 45.8. The molecule has 0 spiro atoms. The van der Waals surface area contributed by atoms with Gasteiger partial charge in [0.1, 0.15) is 0 Å². The van der Waals surface area contributed by atoms with Crippen LogP contribution in [0.25, 0.3) is 11.1 Å². The number of hydrogen-bond acceptors (Lipinski definition) is 1. The topological polar surface area (TPSA) is 3.24 Å². The van der Waals surface area contributed by atoms with Crippen molar-refractivity contribution in [2.24, 2.45) is 0 Å². The van der Waals surface area contributed by atoms with E-state index >= 15 is 0 Å². The number of rotatable bonds is 33. The van der Waals surface area contributed by atoms with Crippen LogP contribution in [0.5, 0.6) is 0 Å². The molecule has 0 heterocycles. The van der Waals surface area contributed by atoms with Crippen molar-refractivity contribution in [3.8, 4) is 11.1 Å². The Kier molecular flexibility index (Phi) is 21.6. The lowest BCUT2D eigenvalue weighted by Crippen LogP contribution is -2.26. The van der Waals surface area contributed by atoms with Crippen molar-refractivity contribution in [1.82, 2.24) is 0 Å². The van der Waals surface area contributed by atoms with E-state index in [1.807, 2.05) is 0 Å². The summed E-state index contributed by atoms with van der Waals surface area (Å²) in [6, 6.07) is 38.9. The molecule has 1 aliphatic carbocycles. The number of fused-ring (bicyclic) bond motifs is 3. The minimum absolute atomic E-state index is 0.0786. The molecule has 0 aromatic heterocycles. The fraction of sp³-hybridized carbons (Fsp3) is 0.579. The molecular weight excluding hydrogens is 699 g/mol. The second kappa shape index (κ2) is 27.4. The van der Waals surface area contributed by atoms with Crippen LogP contribution in [0, 0.1) is 0 Å². The maximum Gasteiger partial charge on any atom is 0.0465 e. The fourth-order valence-electron chi connectivity index (χ4n) is 10.1. The monoisotopic (exact) mass is 782 g/mol. The Morgan fingerprint density at radius 2 is 0.655 bits per heavy atom. The molecular formula is C57H83N. The molecule has 0 saturated carbocycles. The average molecular weight is 782 g/mol. The molecule has 0 atom stereocenters. The van der Waals surface area contributed by atoms with Crippen LogP contribution in [0.3, 0.4) is 0 Å². The molecule has 0 fully saturated rings. The van der Waals surface area contributed by atoms with Gasteiger partial charge < -0.3 is 4.90 Å². The van der Waals surface area contributed by atoms with Crippen molar-refractivity contribution in [1.29, 1.82) is 0 Å². The second-order valence-corrected chi connectivity index (χ2v) is 18.1. The summed E-state index contributed by atoms with van der Waals surface area (Å²) in [5.74, 6) is 0. The summed E-state index contributed by atoms with van der Waals surface area (Å²) in [6.07, 6.45) is 42.0. The smallest absolute Gasteiger partial charge is 0.0465 e. The van der Waals surface area contributed by atoms with E-state index in [1.165, 1.54) is 221 Å². The molecule has 0 aliphatic heterocycles. The highest BCUT2D eigenvalue weighted by Crippen LogP contribution is 2.55. The zero-order valence-corrected chi connectivity index (χ0v) is 37.5. The van der Waals surface area contributed by atoms with Gasteiger partial charge in [-0.1, -0.05) is 260 Å². The summed E-state index contributed by atoms with van der Waals surface area (Å²) in [5.41, 5.74) is 9.90. The molecule has 1 nitrogen and oxygen atoms in total. The molecule has 4 aromatic rings. The molecule has 316 valence electrons. The summed E-state index contributed by atoms with van der Waals surface area (Å²) in [7, 11) is 0. The van der Waals surface area contributed by atoms with Crippen LogP contribution in [0.4, 0.5) is 17.1 Å². The van der Waals surface area contributed by atoms with Gasteiger partial charge >= 0.3 is 0 Å². The Labute approximate surface area is 357 Å². The van der Waals surface area contributed by atoms with Crippen molar-refractivity contribution in [2.45, 2.75) is 212 Å². The number of hydrogen-bond donors (Lipinski definition) is 0. The van der Waals surface area contributed by atoms with E-state index in [2.05, 4.69) is 122 Å². The molecule has 0 bridgehead atoms. The minimum Gasteiger partial charge on any atom is -0.310 e. The number of anilines is 3. The van der Waals surface area contributed by atoms with E-state index in [0.29, 0.717) is 0 Å².